The Hall–Kier alpha value is -0.480. The van der Waals surface area contributed by atoms with Crippen molar-refractivity contribution in [1.82, 2.24) is 0 Å². The minimum absolute atomic E-state index is 0.136. The van der Waals surface area contributed by atoms with E-state index in [-0.39, 0.29) is 6.04 Å². The van der Waals surface area contributed by atoms with E-state index >= 15 is 0 Å². The summed E-state index contributed by atoms with van der Waals surface area (Å²) >= 11 is 3.18. The third-order valence-electron chi connectivity index (χ3n) is 2.13. The largest absolute Gasteiger partial charge is 0.327 e. The summed E-state index contributed by atoms with van der Waals surface area (Å²) < 4.78 is 26.7. The summed E-state index contributed by atoms with van der Waals surface area (Å²) in [7, 11) is 0. The molecule has 1 atom stereocenters. The Bertz CT molecular complexity index is 328. The van der Waals surface area contributed by atoms with Gasteiger partial charge in [0.2, 0.25) is 0 Å². The summed E-state index contributed by atoms with van der Waals surface area (Å²) in [4.78, 5) is 0. The van der Waals surface area contributed by atoms with E-state index in [4.69, 9.17) is 5.73 Å². The van der Waals surface area contributed by atoms with Gasteiger partial charge in [-0.05, 0) is 25.0 Å². The Morgan fingerprint density at radius 1 is 1.43 bits per heavy atom. The van der Waals surface area contributed by atoms with E-state index in [1.54, 1.807) is 0 Å². The summed E-state index contributed by atoms with van der Waals surface area (Å²) in [6.45, 7) is 1.91. The predicted octanol–water partition coefficient (Wildman–Crippen LogP) is 3.01. The number of hydrogen-bond acceptors (Lipinski definition) is 1. The van der Waals surface area contributed by atoms with E-state index in [0.29, 0.717) is 16.5 Å². The highest BCUT2D eigenvalue weighted by atomic mass is 79.9. The van der Waals surface area contributed by atoms with Gasteiger partial charge in [-0.15, -0.1) is 0 Å². The normalized spacial score (nSPS) is 12.9. The Morgan fingerprint density at radius 3 is 2.64 bits per heavy atom. The fraction of sp³-hybridized carbons (Fsp3) is 0.400. The third kappa shape index (κ3) is 2.51. The fourth-order valence-corrected chi connectivity index (χ4v) is 1.63. The van der Waals surface area contributed by atoms with Crippen molar-refractivity contribution >= 4 is 15.9 Å². The van der Waals surface area contributed by atoms with Gasteiger partial charge in [-0.2, -0.15) is 0 Å². The summed E-state index contributed by atoms with van der Waals surface area (Å²) in [5.41, 5.74) is 6.00. The van der Waals surface area contributed by atoms with Crippen LogP contribution in [0.15, 0.2) is 16.6 Å². The van der Waals surface area contributed by atoms with Crippen molar-refractivity contribution < 1.29 is 8.78 Å². The van der Waals surface area contributed by atoms with E-state index in [1.807, 2.05) is 6.92 Å². The van der Waals surface area contributed by atoms with Crippen LogP contribution in [0.4, 0.5) is 8.78 Å². The van der Waals surface area contributed by atoms with Gasteiger partial charge in [0.05, 0.1) is 0 Å². The second-order valence-corrected chi connectivity index (χ2v) is 4.05. The molecule has 0 aromatic heterocycles. The monoisotopic (exact) mass is 263 g/mol. The minimum Gasteiger partial charge on any atom is -0.327 e. The Morgan fingerprint density at radius 2 is 2.07 bits per heavy atom. The van der Waals surface area contributed by atoms with Crippen LogP contribution >= 0.6 is 15.9 Å². The van der Waals surface area contributed by atoms with Crippen LogP contribution in [-0.2, 0) is 6.42 Å². The highest BCUT2D eigenvalue weighted by Crippen LogP contribution is 2.23. The lowest BCUT2D eigenvalue weighted by molar-refractivity contribution is 0.490. The molecule has 0 amide bonds. The molecular formula is C10H12BrF2N. The molecule has 0 aliphatic carbocycles. The number of nitrogens with two attached hydrogens (primary N) is 1. The zero-order valence-electron chi connectivity index (χ0n) is 7.86. The molecule has 78 valence electrons. The molecule has 0 saturated carbocycles. The molecule has 1 aromatic rings. The standard InChI is InChI=1S/C10H12BrF2N/c1-2-6(14)5-7-8(11)3-4-9(12)10(7)13/h3-4,6H,2,5,14H2,1H3. The fourth-order valence-electron chi connectivity index (χ4n) is 1.16. The maximum Gasteiger partial charge on any atom is 0.163 e. The molecule has 0 aliphatic heterocycles. The quantitative estimate of drug-likeness (QED) is 0.834. The predicted molar refractivity (Wildman–Crippen MR) is 56.0 cm³/mol. The van der Waals surface area contributed by atoms with Crippen molar-refractivity contribution in [3.8, 4) is 0 Å². The van der Waals surface area contributed by atoms with E-state index in [1.165, 1.54) is 6.07 Å². The van der Waals surface area contributed by atoms with Crippen LogP contribution in [0.1, 0.15) is 18.9 Å². The molecule has 0 bridgehead atoms. The second-order valence-electron chi connectivity index (χ2n) is 3.19. The molecule has 2 N–H and O–H groups in total. The summed E-state index contributed by atoms with van der Waals surface area (Å²) in [5.74, 6) is -1.63. The average molecular weight is 264 g/mol. The number of halogens is 3. The molecule has 0 fully saturated rings. The van der Waals surface area contributed by atoms with Crippen LogP contribution in [0, 0.1) is 11.6 Å². The first-order chi connectivity index (χ1) is 6.56. The van der Waals surface area contributed by atoms with Gasteiger partial charge in [0, 0.05) is 16.1 Å². The van der Waals surface area contributed by atoms with Crippen molar-refractivity contribution in [2.24, 2.45) is 5.73 Å². The zero-order valence-corrected chi connectivity index (χ0v) is 9.44. The molecular weight excluding hydrogens is 252 g/mol. The number of hydrogen-bond donors (Lipinski definition) is 1. The first kappa shape index (κ1) is 11.6. The average Bonchev–Trinajstić information content (AvgIpc) is 2.18. The topological polar surface area (TPSA) is 26.0 Å². The van der Waals surface area contributed by atoms with E-state index in [9.17, 15) is 8.78 Å². The van der Waals surface area contributed by atoms with Crippen molar-refractivity contribution in [3.05, 3.63) is 33.8 Å². The summed E-state index contributed by atoms with van der Waals surface area (Å²) in [6.07, 6.45) is 1.09. The molecule has 0 radical (unpaired) electrons. The number of rotatable bonds is 3. The van der Waals surface area contributed by atoms with Crippen LogP contribution in [0.3, 0.4) is 0 Å². The van der Waals surface area contributed by atoms with Gasteiger partial charge < -0.3 is 5.73 Å². The Labute approximate surface area is 90.4 Å². The SMILES string of the molecule is CCC(N)Cc1c(Br)ccc(F)c1F. The molecule has 1 rings (SSSR count). The lowest BCUT2D eigenvalue weighted by Gasteiger charge is -2.11. The van der Waals surface area contributed by atoms with Crippen LogP contribution in [0.5, 0.6) is 0 Å². The Balaban J connectivity index is 3.00. The Kier molecular flexibility index (Phi) is 4.01. The van der Waals surface area contributed by atoms with Crippen molar-refractivity contribution in [2.45, 2.75) is 25.8 Å². The van der Waals surface area contributed by atoms with Gasteiger partial charge in [0.15, 0.2) is 11.6 Å². The van der Waals surface area contributed by atoms with Gasteiger partial charge >= 0.3 is 0 Å². The highest BCUT2D eigenvalue weighted by molar-refractivity contribution is 9.10. The molecule has 0 aliphatic rings. The van der Waals surface area contributed by atoms with Crippen molar-refractivity contribution in [2.75, 3.05) is 0 Å². The molecule has 1 unspecified atom stereocenters. The molecule has 0 saturated heterocycles. The molecule has 1 aromatic carbocycles. The maximum absolute atomic E-state index is 13.3. The van der Waals surface area contributed by atoms with Gasteiger partial charge in [0.1, 0.15) is 0 Å². The lowest BCUT2D eigenvalue weighted by Crippen LogP contribution is -2.22. The van der Waals surface area contributed by atoms with Crippen molar-refractivity contribution in [3.63, 3.8) is 0 Å². The van der Waals surface area contributed by atoms with E-state index < -0.39 is 11.6 Å². The van der Waals surface area contributed by atoms with Gasteiger partial charge in [0.25, 0.3) is 0 Å². The smallest absolute Gasteiger partial charge is 0.163 e. The van der Waals surface area contributed by atoms with Crippen LogP contribution in [-0.4, -0.2) is 6.04 Å². The zero-order chi connectivity index (χ0) is 10.7. The maximum atomic E-state index is 13.3. The van der Waals surface area contributed by atoms with Gasteiger partial charge in [-0.3, -0.25) is 0 Å². The van der Waals surface area contributed by atoms with Crippen LogP contribution < -0.4 is 5.73 Å². The second kappa shape index (κ2) is 4.84. The first-order valence-corrected chi connectivity index (χ1v) is 5.23. The summed E-state index contributed by atoms with van der Waals surface area (Å²) in [5, 5.41) is 0. The molecule has 1 nitrogen and oxygen atoms in total. The van der Waals surface area contributed by atoms with Crippen molar-refractivity contribution in [1.29, 1.82) is 0 Å². The van der Waals surface area contributed by atoms with E-state index in [2.05, 4.69) is 15.9 Å². The molecule has 14 heavy (non-hydrogen) atoms. The summed E-state index contributed by atoms with van der Waals surface area (Å²) in [6, 6.07) is 2.46. The number of benzene rings is 1. The van der Waals surface area contributed by atoms with Crippen LogP contribution in [0.25, 0.3) is 0 Å². The van der Waals surface area contributed by atoms with Gasteiger partial charge in [-0.1, -0.05) is 22.9 Å². The molecule has 4 heteroatoms. The first-order valence-electron chi connectivity index (χ1n) is 4.44. The van der Waals surface area contributed by atoms with Crippen LogP contribution in [0.2, 0.25) is 0 Å². The van der Waals surface area contributed by atoms with E-state index in [0.717, 1.165) is 12.5 Å². The van der Waals surface area contributed by atoms with Gasteiger partial charge in [-0.25, -0.2) is 8.78 Å². The molecule has 0 spiro atoms. The molecule has 0 heterocycles. The minimum atomic E-state index is -0.827. The lowest BCUT2D eigenvalue weighted by atomic mass is 10.0. The third-order valence-corrected chi connectivity index (χ3v) is 2.87. The highest BCUT2D eigenvalue weighted by Gasteiger charge is 2.14.